The Kier molecular flexibility index (Phi) is 2.05. The highest BCUT2D eigenvalue weighted by Crippen LogP contribution is 2.17. The summed E-state index contributed by atoms with van der Waals surface area (Å²) in [6, 6.07) is 1.35. The van der Waals surface area contributed by atoms with Crippen LogP contribution in [0.1, 0.15) is 5.82 Å². The third kappa shape index (κ3) is 1.52. The summed E-state index contributed by atoms with van der Waals surface area (Å²) < 4.78 is 15.1. The number of halogens is 1. The van der Waals surface area contributed by atoms with Crippen molar-refractivity contribution in [1.82, 2.24) is 19.5 Å². The Morgan fingerprint density at radius 2 is 2.12 bits per heavy atom. The molecule has 82 valence electrons. The van der Waals surface area contributed by atoms with Crippen LogP contribution in [-0.4, -0.2) is 26.1 Å². The van der Waals surface area contributed by atoms with E-state index >= 15 is 0 Å². The zero-order valence-electron chi connectivity index (χ0n) is 8.54. The molecule has 0 bridgehead atoms. The smallest absolute Gasteiger partial charge is 0.218 e. The van der Waals surface area contributed by atoms with E-state index in [1.165, 1.54) is 12.4 Å². The molecule has 2 aromatic heterocycles. The van der Waals surface area contributed by atoms with Crippen LogP contribution in [0.25, 0.3) is 0 Å². The summed E-state index contributed by atoms with van der Waals surface area (Å²) in [7, 11) is 0. The van der Waals surface area contributed by atoms with Crippen LogP contribution < -0.4 is 4.90 Å². The number of nitrogens with zero attached hydrogens (tertiary/aromatic N) is 5. The summed E-state index contributed by atoms with van der Waals surface area (Å²) >= 11 is 0. The molecule has 1 aliphatic rings. The molecule has 1 aliphatic heterocycles. The summed E-state index contributed by atoms with van der Waals surface area (Å²) in [5.74, 6) is 1.09. The lowest BCUT2D eigenvalue weighted by Crippen LogP contribution is -2.34. The van der Waals surface area contributed by atoms with Crippen molar-refractivity contribution in [2.75, 3.05) is 11.4 Å². The van der Waals surface area contributed by atoms with Crippen LogP contribution in [0.3, 0.4) is 0 Å². The second-order valence-corrected chi connectivity index (χ2v) is 3.66. The average Bonchev–Trinajstić information content (AvgIpc) is 2.75. The van der Waals surface area contributed by atoms with Gasteiger partial charge in [-0.05, 0) is 0 Å². The monoisotopic (exact) mass is 219 g/mol. The third-order valence-electron chi connectivity index (χ3n) is 2.69. The summed E-state index contributed by atoms with van der Waals surface area (Å²) in [5.41, 5.74) is 0. The highest BCUT2D eigenvalue weighted by atomic mass is 19.1. The molecule has 16 heavy (non-hydrogen) atoms. The predicted molar refractivity (Wildman–Crippen MR) is 55.3 cm³/mol. The quantitative estimate of drug-likeness (QED) is 0.666. The molecular weight excluding hydrogens is 209 g/mol. The molecule has 0 saturated carbocycles. The number of hydrogen-bond acceptors (Lipinski definition) is 4. The standard InChI is InChI=1S/C10H10FN5/c11-8-5-9(14-7-13-8)16-4-3-15-2-1-12-10(15)6-16/h1-2,5,7H,3-4,6H2. The molecule has 0 N–H and O–H groups in total. The van der Waals surface area contributed by atoms with Gasteiger partial charge in [0.2, 0.25) is 5.95 Å². The van der Waals surface area contributed by atoms with Crippen molar-refractivity contribution in [2.45, 2.75) is 13.1 Å². The average molecular weight is 219 g/mol. The van der Waals surface area contributed by atoms with Gasteiger partial charge in [-0.1, -0.05) is 0 Å². The summed E-state index contributed by atoms with van der Waals surface area (Å²) in [6.45, 7) is 2.31. The molecule has 0 radical (unpaired) electrons. The number of anilines is 1. The second kappa shape index (κ2) is 3.55. The Hall–Kier alpha value is -1.98. The minimum atomic E-state index is -0.501. The first-order valence-corrected chi connectivity index (χ1v) is 5.05. The van der Waals surface area contributed by atoms with Crippen molar-refractivity contribution in [3.05, 3.63) is 36.6 Å². The Morgan fingerprint density at radius 1 is 1.19 bits per heavy atom. The number of aromatic nitrogens is 4. The van der Waals surface area contributed by atoms with E-state index in [0.29, 0.717) is 12.4 Å². The summed E-state index contributed by atoms with van der Waals surface area (Å²) in [5, 5.41) is 0. The Morgan fingerprint density at radius 3 is 3.00 bits per heavy atom. The van der Waals surface area contributed by atoms with Crippen LogP contribution in [0.15, 0.2) is 24.8 Å². The SMILES string of the molecule is Fc1cc(N2CCn3ccnc3C2)ncn1. The molecule has 0 atom stereocenters. The third-order valence-corrected chi connectivity index (χ3v) is 2.69. The van der Waals surface area contributed by atoms with Crippen molar-refractivity contribution < 1.29 is 4.39 Å². The van der Waals surface area contributed by atoms with E-state index in [4.69, 9.17) is 0 Å². The van der Waals surface area contributed by atoms with E-state index < -0.39 is 5.95 Å². The van der Waals surface area contributed by atoms with Gasteiger partial charge in [0, 0.05) is 31.5 Å². The molecule has 0 unspecified atom stereocenters. The maximum Gasteiger partial charge on any atom is 0.218 e. The number of rotatable bonds is 1. The largest absolute Gasteiger partial charge is 0.347 e. The van der Waals surface area contributed by atoms with Crippen LogP contribution in [0.2, 0.25) is 0 Å². The molecule has 2 aromatic rings. The van der Waals surface area contributed by atoms with Gasteiger partial charge in [0.15, 0.2) is 0 Å². The molecular formula is C10H10FN5. The highest BCUT2D eigenvalue weighted by Gasteiger charge is 2.17. The van der Waals surface area contributed by atoms with Gasteiger partial charge in [0.25, 0.3) is 0 Å². The van der Waals surface area contributed by atoms with E-state index in [9.17, 15) is 4.39 Å². The maximum atomic E-state index is 13.0. The molecule has 3 heterocycles. The fourth-order valence-electron chi connectivity index (χ4n) is 1.87. The lowest BCUT2D eigenvalue weighted by Gasteiger charge is -2.28. The van der Waals surface area contributed by atoms with Gasteiger partial charge in [-0.25, -0.2) is 15.0 Å². The van der Waals surface area contributed by atoms with Gasteiger partial charge < -0.3 is 9.47 Å². The minimum absolute atomic E-state index is 0.501. The van der Waals surface area contributed by atoms with E-state index in [2.05, 4.69) is 19.5 Å². The topological polar surface area (TPSA) is 46.8 Å². The minimum Gasteiger partial charge on any atom is -0.347 e. The van der Waals surface area contributed by atoms with E-state index in [1.54, 1.807) is 6.20 Å². The fraction of sp³-hybridized carbons (Fsp3) is 0.300. The molecule has 0 spiro atoms. The van der Waals surface area contributed by atoms with Crippen LogP contribution in [0, 0.1) is 5.95 Å². The number of fused-ring (bicyclic) bond motifs is 1. The number of imidazole rings is 1. The van der Waals surface area contributed by atoms with Crippen LogP contribution in [0.5, 0.6) is 0 Å². The number of hydrogen-bond donors (Lipinski definition) is 0. The normalized spacial score (nSPS) is 14.9. The van der Waals surface area contributed by atoms with E-state index in [-0.39, 0.29) is 0 Å². The Bertz CT molecular complexity index is 509. The van der Waals surface area contributed by atoms with Gasteiger partial charge >= 0.3 is 0 Å². The molecule has 0 aliphatic carbocycles. The maximum absolute atomic E-state index is 13.0. The lowest BCUT2D eigenvalue weighted by molar-refractivity contribution is 0.546. The Labute approximate surface area is 91.6 Å². The van der Waals surface area contributed by atoms with Crippen molar-refractivity contribution in [2.24, 2.45) is 0 Å². The molecule has 0 aromatic carbocycles. The van der Waals surface area contributed by atoms with Crippen molar-refractivity contribution in [3.63, 3.8) is 0 Å². The fourth-order valence-corrected chi connectivity index (χ4v) is 1.87. The second-order valence-electron chi connectivity index (χ2n) is 3.66. The summed E-state index contributed by atoms with van der Waals surface area (Å²) in [6.07, 6.45) is 4.97. The first-order valence-electron chi connectivity index (χ1n) is 5.05. The van der Waals surface area contributed by atoms with Crippen LogP contribution >= 0.6 is 0 Å². The van der Waals surface area contributed by atoms with Crippen molar-refractivity contribution >= 4 is 5.82 Å². The summed E-state index contributed by atoms with van der Waals surface area (Å²) in [4.78, 5) is 13.7. The first-order chi connectivity index (χ1) is 7.83. The predicted octanol–water partition coefficient (Wildman–Crippen LogP) is 0.832. The molecule has 0 amide bonds. The van der Waals surface area contributed by atoms with Gasteiger partial charge in [0.1, 0.15) is 18.0 Å². The molecule has 0 fully saturated rings. The van der Waals surface area contributed by atoms with E-state index in [0.717, 1.165) is 18.9 Å². The van der Waals surface area contributed by atoms with E-state index in [1.807, 2.05) is 11.1 Å². The van der Waals surface area contributed by atoms with Gasteiger partial charge in [-0.3, -0.25) is 0 Å². The van der Waals surface area contributed by atoms with Crippen LogP contribution in [-0.2, 0) is 13.1 Å². The van der Waals surface area contributed by atoms with Crippen LogP contribution in [0.4, 0.5) is 10.2 Å². The first kappa shape index (κ1) is 9.26. The Balaban J connectivity index is 1.88. The van der Waals surface area contributed by atoms with Gasteiger partial charge in [-0.15, -0.1) is 0 Å². The zero-order chi connectivity index (χ0) is 11.0. The molecule has 6 heteroatoms. The molecule has 0 saturated heterocycles. The highest BCUT2D eigenvalue weighted by molar-refractivity contribution is 5.37. The van der Waals surface area contributed by atoms with Gasteiger partial charge in [0.05, 0.1) is 6.54 Å². The molecule has 5 nitrogen and oxygen atoms in total. The van der Waals surface area contributed by atoms with Crippen molar-refractivity contribution in [1.29, 1.82) is 0 Å². The lowest BCUT2D eigenvalue weighted by atomic mass is 10.3. The van der Waals surface area contributed by atoms with Crippen molar-refractivity contribution in [3.8, 4) is 0 Å². The zero-order valence-corrected chi connectivity index (χ0v) is 8.54. The van der Waals surface area contributed by atoms with Gasteiger partial charge in [-0.2, -0.15) is 4.39 Å². The molecule has 3 rings (SSSR count).